The lowest BCUT2D eigenvalue weighted by Gasteiger charge is -2.15. The fraction of sp³-hybridized carbons (Fsp3) is 0.308. The first-order chi connectivity index (χ1) is 8.60. The molecule has 96 valence electrons. The van der Waals surface area contributed by atoms with Crippen LogP contribution in [0.25, 0.3) is 0 Å². The summed E-state index contributed by atoms with van der Waals surface area (Å²) in [4.78, 5) is 0. The molecule has 1 N–H and O–H groups in total. The van der Waals surface area contributed by atoms with Crippen LogP contribution in [0.2, 0.25) is 0 Å². The van der Waals surface area contributed by atoms with Crippen molar-refractivity contribution in [2.45, 2.75) is 26.4 Å². The van der Waals surface area contributed by atoms with E-state index in [2.05, 4.69) is 26.3 Å². The smallest absolute Gasteiger partial charge is 0.124 e. The van der Waals surface area contributed by atoms with Crippen molar-refractivity contribution in [3.8, 4) is 0 Å². The molecule has 0 amide bonds. The van der Waals surface area contributed by atoms with Crippen molar-refractivity contribution in [1.29, 1.82) is 0 Å². The average molecular weight is 312 g/mol. The van der Waals surface area contributed by atoms with Gasteiger partial charge in [-0.05, 0) is 48.0 Å². The van der Waals surface area contributed by atoms with E-state index >= 15 is 0 Å². The predicted molar refractivity (Wildman–Crippen MR) is 74.0 cm³/mol. The van der Waals surface area contributed by atoms with Crippen molar-refractivity contribution in [3.63, 3.8) is 0 Å². The molecule has 1 aromatic carbocycles. The first kappa shape index (κ1) is 13.1. The van der Waals surface area contributed by atoms with Crippen LogP contribution in [-0.4, -0.2) is 9.78 Å². The van der Waals surface area contributed by atoms with Gasteiger partial charge in [-0.2, -0.15) is 5.10 Å². The standard InChI is InChI=1S/C13H15BrFN3/c1-3-18-8-10(7-16-18)9(2)17-13-5-4-11(15)6-12(13)14/h4-9,17H,3H2,1-2H3. The van der Waals surface area contributed by atoms with E-state index in [1.807, 2.05) is 30.9 Å². The fourth-order valence-corrected chi connectivity index (χ4v) is 2.16. The molecule has 0 aliphatic carbocycles. The molecule has 0 fully saturated rings. The number of anilines is 1. The Balaban J connectivity index is 2.13. The topological polar surface area (TPSA) is 29.9 Å². The molecule has 3 nitrogen and oxygen atoms in total. The van der Waals surface area contributed by atoms with Gasteiger partial charge in [-0.25, -0.2) is 4.39 Å². The molecule has 2 aromatic rings. The quantitative estimate of drug-likeness (QED) is 0.925. The Morgan fingerprint density at radius 1 is 1.50 bits per heavy atom. The molecule has 0 spiro atoms. The summed E-state index contributed by atoms with van der Waals surface area (Å²) in [6.07, 6.45) is 3.85. The van der Waals surface area contributed by atoms with Gasteiger partial charge in [0.1, 0.15) is 5.82 Å². The summed E-state index contributed by atoms with van der Waals surface area (Å²) in [7, 11) is 0. The van der Waals surface area contributed by atoms with Gasteiger partial charge in [0.25, 0.3) is 0 Å². The van der Waals surface area contributed by atoms with E-state index in [0.717, 1.165) is 22.3 Å². The second-order valence-electron chi connectivity index (χ2n) is 4.12. The molecule has 1 unspecified atom stereocenters. The van der Waals surface area contributed by atoms with Gasteiger partial charge in [0.15, 0.2) is 0 Å². The number of aromatic nitrogens is 2. The van der Waals surface area contributed by atoms with Crippen LogP contribution in [0.4, 0.5) is 10.1 Å². The summed E-state index contributed by atoms with van der Waals surface area (Å²) in [5.74, 6) is -0.251. The maximum absolute atomic E-state index is 13.0. The Bertz CT molecular complexity index is 539. The number of aryl methyl sites for hydroxylation is 1. The van der Waals surface area contributed by atoms with Gasteiger partial charge in [0, 0.05) is 28.5 Å². The highest BCUT2D eigenvalue weighted by Gasteiger charge is 2.09. The van der Waals surface area contributed by atoms with E-state index in [-0.39, 0.29) is 11.9 Å². The molecular formula is C13H15BrFN3. The van der Waals surface area contributed by atoms with Gasteiger partial charge in [-0.1, -0.05) is 0 Å². The van der Waals surface area contributed by atoms with Gasteiger partial charge in [0.05, 0.1) is 12.2 Å². The average Bonchev–Trinajstić information content (AvgIpc) is 2.81. The van der Waals surface area contributed by atoms with Gasteiger partial charge in [-0.3, -0.25) is 4.68 Å². The summed E-state index contributed by atoms with van der Waals surface area (Å²) in [5.41, 5.74) is 1.97. The molecule has 1 heterocycles. The highest BCUT2D eigenvalue weighted by atomic mass is 79.9. The number of nitrogens with one attached hydrogen (secondary N) is 1. The van der Waals surface area contributed by atoms with Gasteiger partial charge in [-0.15, -0.1) is 0 Å². The Hall–Kier alpha value is -1.36. The van der Waals surface area contributed by atoms with Crippen molar-refractivity contribution in [2.75, 3.05) is 5.32 Å². The molecule has 18 heavy (non-hydrogen) atoms. The zero-order chi connectivity index (χ0) is 13.1. The molecule has 0 aliphatic heterocycles. The monoisotopic (exact) mass is 311 g/mol. The van der Waals surface area contributed by atoms with Crippen LogP contribution in [-0.2, 0) is 6.54 Å². The lowest BCUT2D eigenvalue weighted by Crippen LogP contribution is -2.06. The molecule has 5 heteroatoms. The minimum Gasteiger partial charge on any atom is -0.377 e. The lowest BCUT2D eigenvalue weighted by atomic mass is 10.2. The van der Waals surface area contributed by atoms with Gasteiger partial charge in [0.2, 0.25) is 0 Å². The van der Waals surface area contributed by atoms with Crippen molar-refractivity contribution < 1.29 is 4.39 Å². The van der Waals surface area contributed by atoms with Crippen LogP contribution in [0.5, 0.6) is 0 Å². The number of halogens is 2. The van der Waals surface area contributed by atoms with E-state index in [1.165, 1.54) is 12.1 Å². The van der Waals surface area contributed by atoms with Crippen molar-refractivity contribution in [3.05, 3.63) is 46.4 Å². The number of benzene rings is 1. The number of hydrogen-bond donors (Lipinski definition) is 1. The Morgan fingerprint density at radius 3 is 2.89 bits per heavy atom. The van der Waals surface area contributed by atoms with E-state index in [4.69, 9.17) is 0 Å². The summed E-state index contributed by atoms with van der Waals surface area (Å²) in [5, 5.41) is 7.56. The van der Waals surface area contributed by atoms with Gasteiger partial charge >= 0.3 is 0 Å². The molecule has 0 saturated heterocycles. The minimum atomic E-state index is -0.251. The van der Waals surface area contributed by atoms with Crippen molar-refractivity contribution in [2.24, 2.45) is 0 Å². The SMILES string of the molecule is CCn1cc(C(C)Nc2ccc(F)cc2Br)cn1. The Kier molecular flexibility index (Phi) is 4.01. The van der Waals surface area contributed by atoms with E-state index in [1.54, 1.807) is 6.07 Å². The first-order valence-corrected chi connectivity index (χ1v) is 6.63. The Labute approximate surface area is 114 Å². The van der Waals surface area contributed by atoms with Crippen LogP contribution < -0.4 is 5.32 Å². The third-order valence-electron chi connectivity index (χ3n) is 2.78. The number of rotatable bonds is 4. The summed E-state index contributed by atoms with van der Waals surface area (Å²) >= 11 is 3.34. The first-order valence-electron chi connectivity index (χ1n) is 5.84. The maximum Gasteiger partial charge on any atom is 0.124 e. The highest BCUT2D eigenvalue weighted by molar-refractivity contribution is 9.10. The number of hydrogen-bond acceptors (Lipinski definition) is 2. The van der Waals surface area contributed by atoms with Crippen LogP contribution in [0.1, 0.15) is 25.5 Å². The lowest BCUT2D eigenvalue weighted by molar-refractivity contribution is 0.627. The maximum atomic E-state index is 13.0. The molecule has 0 saturated carbocycles. The van der Waals surface area contributed by atoms with Crippen molar-refractivity contribution in [1.82, 2.24) is 9.78 Å². The summed E-state index contributed by atoms with van der Waals surface area (Å²) in [6.45, 7) is 4.95. The van der Waals surface area contributed by atoms with Crippen LogP contribution >= 0.6 is 15.9 Å². The second kappa shape index (κ2) is 5.52. The molecule has 1 atom stereocenters. The zero-order valence-electron chi connectivity index (χ0n) is 10.3. The molecule has 0 bridgehead atoms. The minimum absolute atomic E-state index is 0.118. The summed E-state index contributed by atoms with van der Waals surface area (Å²) in [6, 6.07) is 4.73. The van der Waals surface area contributed by atoms with E-state index in [0.29, 0.717) is 0 Å². The van der Waals surface area contributed by atoms with Crippen molar-refractivity contribution >= 4 is 21.6 Å². The largest absolute Gasteiger partial charge is 0.377 e. The Morgan fingerprint density at radius 2 is 2.28 bits per heavy atom. The van der Waals surface area contributed by atoms with Crippen LogP contribution in [0.15, 0.2) is 35.1 Å². The third-order valence-corrected chi connectivity index (χ3v) is 3.44. The highest BCUT2D eigenvalue weighted by Crippen LogP contribution is 2.27. The molecular weight excluding hydrogens is 297 g/mol. The molecule has 0 aliphatic rings. The normalized spacial score (nSPS) is 12.4. The predicted octanol–water partition coefficient (Wildman–Crippen LogP) is 3.98. The third kappa shape index (κ3) is 2.90. The number of nitrogens with zero attached hydrogens (tertiary/aromatic N) is 2. The summed E-state index contributed by atoms with van der Waals surface area (Å²) < 4.78 is 15.6. The second-order valence-corrected chi connectivity index (χ2v) is 4.97. The molecule has 0 radical (unpaired) electrons. The van der Waals surface area contributed by atoms with E-state index < -0.39 is 0 Å². The van der Waals surface area contributed by atoms with Crippen LogP contribution in [0.3, 0.4) is 0 Å². The molecule has 2 rings (SSSR count). The molecule has 1 aromatic heterocycles. The zero-order valence-corrected chi connectivity index (χ0v) is 11.9. The fourth-order valence-electron chi connectivity index (χ4n) is 1.70. The van der Waals surface area contributed by atoms with Gasteiger partial charge < -0.3 is 5.32 Å². The van der Waals surface area contributed by atoms with E-state index in [9.17, 15) is 4.39 Å². The van der Waals surface area contributed by atoms with Crippen LogP contribution in [0, 0.1) is 5.82 Å².